The maximum Gasteiger partial charge on any atom is 0.313 e. The molecule has 0 amide bonds. The zero-order chi connectivity index (χ0) is 15.0. The number of nitriles is 1. The lowest BCUT2D eigenvalue weighted by Gasteiger charge is -2.17. The number of methoxy groups -OCH3 is 3. The van der Waals surface area contributed by atoms with Gasteiger partial charge in [0.15, 0.2) is 0 Å². The van der Waals surface area contributed by atoms with Gasteiger partial charge in [0.05, 0.1) is 45.2 Å². The predicted molar refractivity (Wildman–Crippen MR) is 73.1 cm³/mol. The summed E-state index contributed by atoms with van der Waals surface area (Å²) in [6, 6.07) is 9.17. The molecule has 0 bridgehead atoms. The Morgan fingerprint density at radius 3 is 2.60 bits per heavy atom. The lowest BCUT2D eigenvalue weighted by molar-refractivity contribution is -0.142. The summed E-state index contributed by atoms with van der Waals surface area (Å²) in [5, 5.41) is 9.05. The number of ether oxygens (including phenoxy) is 3. The Morgan fingerprint density at radius 1 is 1.35 bits per heavy atom. The van der Waals surface area contributed by atoms with Crippen molar-refractivity contribution in [3.63, 3.8) is 0 Å². The van der Waals surface area contributed by atoms with E-state index in [1.165, 1.54) is 27.6 Å². The summed E-state index contributed by atoms with van der Waals surface area (Å²) in [7, 11) is 4.30. The van der Waals surface area contributed by atoms with Crippen molar-refractivity contribution in [1.82, 2.24) is 0 Å². The number of rotatable bonds is 6. The largest absolute Gasteiger partial charge is 0.503 e. The summed E-state index contributed by atoms with van der Waals surface area (Å²) >= 11 is 0. The molecule has 0 aliphatic heterocycles. The highest BCUT2D eigenvalue weighted by Gasteiger charge is 2.26. The molecular weight excluding hydrogens is 258 g/mol. The first-order chi connectivity index (χ1) is 9.67. The van der Waals surface area contributed by atoms with Crippen LogP contribution in [0.5, 0.6) is 5.75 Å². The summed E-state index contributed by atoms with van der Waals surface area (Å²) in [4.78, 5) is 12.0. The van der Waals surface area contributed by atoms with E-state index in [0.29, 0.717) is 16.9 Å². The molecule has 0 saturated carbocycles. The van der Waals surface area contributed by atoms with Crippen LogP contribution in [0.25, 0.3) is 0 Å². The van der Waals surface area contributed by atoms with Gasteiger partial charge in [0.25, 0.3) is 0 Å². The van der Waals surface area contributed by atoms with Gasteiger partial charge in [-0.05, 0) is 6.07 Å². The Balaban J connectivity index is 3.16. The average molecular weight is 275 g/mol. The quantitative estimate of drug-likeness (QED) is 0.453. The number of hydrogen-bond donors (Lipinski definition) is 0. The number of carbonyl (C=O) groups is 1. The van der Waals surface area contributed by atoms with Crippen molar-refractivity contribution in [3.05, 3.63) is 41.7 Å². The SMILES string of the molecule is CO/C=C(\C#N)CC(C(=O)OC)c1ccccc1OC. The molecule has 0 radical (unpaired) electrons. The molecule has 106 valence electrons. The van der Waals surface area contributed by atoms with Crippen LogP contribution in [0.1, 0.15) is 17.9 Å². The molecule has 0 N–H and O–H groups in total. The summed E-state index contributed by atoms with van der Waals surface area (Å²) in [5.41, 5.74) is 1.04. The molecule has 1 aromatic rings. The van der Waals surface area contributed by atoms with E-state index in [4.69, 9.17) is 19.5 Å². The molecular formula is C15H17NO4. The number of nitrogens with zero attached hydrogens (tertiary/aromatic N) is 1. The van der Waals surface area contributed by atoms with Gasteiger partial charge in [0, 0.05) is 12.0 Å². The zero-order valence-corrected chi connectivity index (χ0v) is 11.8. The van der Waals surface area contributed by atoms with Crippen LogP contribution in [0, 0.1) is 11.3 Å². The van der Waals surface area contributed by atoms with Gasteiger partial charge in [-0.1, -0.05) is 18.2 Å². The lowest BCUT2D eigenvalue weighted by atomic mass is 9.92. The monoisotopic (exact) mass is 275 g/mol. The van der Waals surface area contributed by atoms with E-state index in [9.17, 15) is 4.79 Å². The number of benzene rings is 1. The summed E-state index contributed by atoms with van der Waals surface area (Å²) < 4.78 is 14.9. The molecule has 1 unspecified atom stereocenters. The van der Waals surface area contributed by atoms with E-state index in [1.807, 2.05) is 12.1 Å². The first-order valence-corrected chi connectivity index (χ1v) is 6.00. The Hall–Kier alpha value is -2.48. The van der Waals surface area contributed by atoms with E-state index >= 15 is 0 Å². The molecule has 0 aromatic heterocycles. The van der Waals surface area contributed by atoms with Gasteiger partial charge in [-0.15, -0.1) is 0 Å². The van der Waals surface area contributed by atoms with Crippen molar-refractivity contribution in [3.8, 4) is 11.8 Å². The number of esters is 1. The van der Waals surface area contributed by atoms with Gasteiger partial charge in [-0.3, -0.25) is 4.79 Å². The van der Waals surface area contributed by atoms with E-state index in [-0.39, 0.29) is 6.42 Å². The third-order valence-corrected chi connectivity index (χ3v) is 2.83. The first kappa shape index (κ1) is 15.6. The van der Waals surface area contributed by atoms with Crippen LogP contribution < -0.4 is 4.74 Å². The van der Waals surface area contributed by atoms with Crippen LogP contribution in [0.4, 0.5) is 0 Å². The number of carbonyl (C=O) groups excluding carboxylic acids is 1. The van der Waals surface area contributed by atoms with Crippen LogP contribution >= 0.6 is 0 Å². The summed E-state index contributed by atoms with van der Waals surface area (Å²) in [6.45, 7) is 0. The molecule has 0 spiro atoms. The number of allylic oxidation sites excluding steroid dienone is 1. The highest BCUT2D eigenvalue weighted by molar-refractivity contribution is 5.79. The fourth-order valence-electron chi connectivity index (χ4n) is 1.90. The van der Waals surface area contributed by atoms with E-state index in [0.717, 1.165) is 0 Å². The third kappa shape index (κ3) is 3.75. The molecule has 0 aliphatic rings. The second kappa shape index (κ2) is 7.85. The minimum Gasteiger partial charge on any atom is -0.503 e. The van der Waals surface area contributed by atoms with E-state index in [2.05, 4.69) is 0 Å². The van der Waals surface area contributed by atoms with Crippen molar-refractivity contribution in [1.29, 1.82) is 5.26 Å². The summed E-state index contributed by atoms with van der Waals surface area (Å²) in [5.74, 6) is -0.457. The van der Waals surface area contributed by atoms with Gasteiger partial charge < -0.3 is 14.2 Å². The predicted octanol–water partition coefficient (Wildman–Crippen LogP) is 2.40. The van der Waals surface area contributed by atoms with Gasteiger partial charge in [0.2, 0.25) is 0 Å². The third-order valence-electron chi connectivity index (χ3n) is 2.83. The maximum absolute atomic E-state index is 12.0. The molecule has 0 aliphatic carbocycles. The minimum absolute atomic E-state index is 0.192. The normalized spacial score (nSPS) is 12.2. The molecule has 5 nitrogen and oxygen atoms in total. The van der Waals surface area contributed by atoms with Crippen LogP contribution in [0.3, 0.4) is 0 Å². The Morgan fingerprint density at radius 2 is 2.05 bits per heavy atom. The molecule has 1 rings (SSSR count). The number of para-hydroxylation sites is 1. The van der Waals surface area contributed by atoms with Crippen LogP contribution in [0.2, 0.25) is 0 Å². The second-order valence-corrected chi connectivity index (χ2v) is 4.01. The minimum atomic E-state index is -0.614. The molecule has 0 saturated heterocycles. The van der Waals surface area contributed by atoms with Crippen LogP contribution in [0.15, 0.2) is 36.1 Å². The fraction of sp³-hybridized carbons (Fsp3) is 0.333. The number of hydrogen-bond acceptors (Lipinski definition) is 5. The fourth-order valence-corrected chi connectivity index (χ4v) is 1.90. The molecule has 1 aromatic carbocycles. The van der Waals surface area contributed by atoms with E-state index < -0.39 is 11.9 Å². The van der Waals surface area contributed by atoms with Gasteiger partial charge in [-0.2, -0.15) is 5.26 Å². The highest BCUT2D eigenvalue weighted by Crippen LogP contribution is 2.31. The molecule has 1 atom stereocenters. The Labute approximate surface area is 118 Å². The van der Waals surface area contributed by atoms with E-state index in [1.54, 1.807) is 18.2 Å². The van der Waals surface area contributed by atoms with Crippen molar-refractivity contribution >= 4 is 5.97 Å². The van der Waals surface area contributed by atoms with Crippen molar-refractivity contribution in [2.45, 2.75) is 12.3 Å². The molecule has 0 fully saturated rings. The van der Waals surface area contributed by atoms with Crippen molar-refractivity contribution in [2.24, 2.45) is 0 Å². The second-order valence-electron chi connectivity index (χ2n) is 4.01. The van der Waals surface area contributed by atoms with Gasteiger partial charge in [-0.25, -0.2) is 0 Å². The zero-order valence-electron chi connectivity index (χ0n) is 11.8. The van der Waals surface area contributed by atoms with Crippen molar-refractivity contribution < 1.29 is 19.0 Å². The Bertz CT molecular complexity index is 531. The average Bonchev–Trinajstić information content (AvgIpc) is 2.50. The maximum atomic E-state index is 12.0. The smallest absolute Gasteiger partial charge is 0.313 e. The van der Waals surface area contributed by atoms with Crippen molar-refractivity contribution in [2.75, 3.05) is 21.3 Å². The lowest BCUT2D eigenvalue weighted by Crippen LogP contribution is -2.16. The first-order valence-electron chi connectivity index (χ1n) is 6.00. The van der Waals surface area contributed by atoms with Crippen LogP contribution in [-0.4, -0.2) is 27.3 Å². The standard InChI is InChI=1S/C15H17NO4/c1-18-10-11(9-16)8-13(15(17)20-3)12-6-4-5-7-14(12)19-2/h4-7,10,13H,8H2,1-3H3/b11-10-. The summed E-state index contributed by atoms with van der Waals surface area (Å²) in [6.07, 6.45) is 1.52. The molecule has 20 heavy (non-hydrogen) atoms. The molecule has 0 heterocycles. The Kier molecular flexibility index (Phi) is 6.11. The van der Waals surface area contributed by atoms with Crippen LogP contribution in [-0.2, 0) is 14.3 Å². The van der Waals surface area contributed by atoms with Gasteiger partial charge >= 0.3 is 5.97 Å². The molecule has 5 heteroatoms. The highest BCUT2D eigenvalue weighted by atomic mass is 16.5. The van der Waals surface area contributed by atoms with Gasteiger partial charge in [0.1, 0.15) is 5.75 Å². The topological polar surface area (TPSA) is 68.5 Å².